The Bertz CT molecular complexity index is 547. The summed E-state index contributed by atoms with van der Waals surface area (Å²) in [4.78, 5) is 24.7. The quantitative estimate of drug-likeness (QED) is 0.781. The van der Waals surface area contributed by atoms with Crippen LogP contribution in [0.3, 0.4) is 0 Å². The zero-order valence-electron chi connectivity index (χ0n) is 12.2. The van der Waals surface area contributed by atoms with Gasteiger partial charge in [-0.05, 0) is 18.8 Å². The van der Waals surface area contributed by atoms with Crippen LogP contribution in [0.25, 0.3) is 0 Å². The Balaban J connectivity index is 2.38. The number of aromatic nitrogens is 2. The summed E-state index contributed by atoms with van der Waals surface area (Å²) in [5.74, 6) is -0.608. The normalized spacial score (nSPS) is 16.0. The zero-order chi connectivity index (χ0) is 15.6. The number of aliphatic carboxylic acids is 1. The number of nitrogen functional groups attached to an aromatic ring is 1. The number of rotatable bonds is 4. The molecule has 0 amide bonds. The van der Waals surface area contributed by atoms with E-state index in [0.717, 1.165) is 30.6 Å². The second-order valence-electron chi connectivity index (χ2n) is 5.30. The standard InChI is InChI=1S/C13H20N4O4/c1-8-3-5-16(6-4-8)12-10(13(20)21-2)11(14)17(15-12)7-9(18)19/h8H,3-7,14H2,1-2H3,(H,18,19). The number of esters is 1. The van der Waals surface area contributed by atoms with Crippen LogP contribution in [0.15, 0.2) is 0 Å². The second-order valence-corrected chi connectivity index (χ2v) is 5.30. The van der Waals surface area contributed by atoms with Crippen molar-refractivity contribution in [2.24, 2.45) is 5.92 Å². The molecule has 0 radical (unpaired) electrons. The third kappa shape index (κ3) is 3.09. The molecule has 1 saturated heterocycles. The van der Waals surface area contributed by atoms with E-state index < -0.39 is 11.9 Å². The Morgan fingerprint density at radius 1 is 1.43 bits per heavy atom. The van der Waals surface area contributed by atoms with E-state index in [1.165, 1.54) is 7.11 Å². The van der Waals surface area contributed by atoms with E-state index in [4.69, 9.17) is 15.6 Å². The first-order valence-corrected chi connectivity index (χ1v) is 6.85. The van der Waals surface area contributed by atoms with Crippen molar-refractivity contribution in [1.82, 2.24) is 9.78 Å². The van der Waals surface area contributed by atoms with Crippen molar-refractivity contribution in [1.29, 1.82) is 0 Å². The lowest BCUT2D eigenvalue weighted by atomic mass is 9.99. The summed E-state index contributed by atoms with van der Waals surface area (Å²) >= 11 is 0. The molecule has 0 unspecified atom stereocenters. The Hall–Kier alpha value is -2.25. The summed E-state index contributed by atoms with van der Waals surface area (Å²) in [6.07, 6.45) is 1.98. The number of nitrogens with two attached hydrogens (primary N) is 1. The summed E-state index contributed by atoms with van der Waals surface area (Å²) in [6.45, 7) is 3.30. The van der Waals surface area contributed by atoms with Gasteiger partial charge in [0.15, 0.2) is 5.82 Å². The van der Waals surface area contributed by atoms with Gasteiger partial charge in [0, 0.05) is 13.1 Å². The molecule has 0 aromatic carbocycles. The molecule has 1 aliphatic heterocycles. The van der Waals surface area contributed by atoms with Crippen LogP contribution in [0.1, 0.15) is 30.1 Å². The number of piperidine rings is 1. The molecule has 1 aromatic heterocycles. The molecule has 2 heterocycles. The van der Waals surface area contributed by atoms with Crippen molar-refractivity contribution < 1.29 is 19.4 Å². The highest BCUT2D eigenvalue weighted by molar-refractivity contribution is 6.00. The van der Waals surface area contributed by atoms with Crippen LogP contribution in [0.2, 0.25) is 0 Å². The van der Waals surface area contributed by atoms with E-state index in [1.54, 1.807) is 0 Å². The average molecular weight is 296 g/mol. The Morgan fingerprint density at radius 2 is 2.05 bits per heavy atom. The van der Waals surface area contributed by atoms with E-state index in [0.29, 0.717) is 11.7 Å². The summed E-state index contributed by atoms with van der Waals surface area (Å²) in [5, 5.41) is 13.1. The van der Waals surface area contributed by atoms with Crippen molar-refractivity contribution in [3.63, 3.8) is 0 Å². The predicted octanol–water partition coefficient (Wildman–Crippen LogP) is 0.573. The van der Waals surface area contributed by atoms with Crippen LogP contribution in [0.5, 0.6) is 0 Å². The number of nitrogens with zero attached hydrogens (tertiary/aromatic N) is 3. The van der Waals surface area contributed by atoms with E-state index in [1.807, 2.05) is 4.90 Å². The topological polar surface area (TPSA) is 111 Å². The van der Waals surface area contributed by atoms with Crippen LogP contribution in [0.4, 0.5) is 11.6 Å². The van der Waals surface area contributed by atoms with Gasteiger partial charge in [-0.15, -0.1) is 0 Å². The van der Waals surface area contributed by atoms with Gasteiger partial charge in [0.25, 0.3) is 0 Å². The second kappa shape index (κ2) is 6.02. The van der Waals surface area contributed by atoms with Gasteiger partial charge in [-0.2, -0.15) is 5.10 Å². The van der Waals surface area contributed by atoms with Crippen LogP contribution in [-0.4, -0.2) is 47.0 Å². The zero-order valence-corrected chi connectivity index (χ0v) is 12.2. The van der Waals surface area contributed by atoms with Crippen LogP contribution in [0, 0.1) is 5.92 Å². The molecule has 0 aliphatic carbocycles. The first-order chi connectivity index (χ1) is 9.93. The molecule has 1 aliphatic rings. The van der Waals surface area contributed by atoms with Crippen molar-refractivity contribution in [3.8, 4) is 0 Å². The van der Waals surface area contributed by atoms with Crippen molar-refractivity contribution in [2.45, 2.75) is 26.3 Å². The third-order valence-corrected chi connectivity index (χ3v) is 3.73. The Morgan fingerprint density at radius 3 is 2.57 bits per heavy atom. The summed E-state index contributed by atoms with van der Waals surface area (Å²) in [7, 11) is 1.26. The van der Waals surface area contributed by atoms with Crippen LogP contribution < -0.4 is 10.6 Å². The van der Waals surface area contributed by atoms with Crippen molar-refractivity contribution in [3.05, 3.63) is 5.56 Å². The molecular weight excluding hydrogens is 276 g/mol. The lowest BCUT2D eigenvalue weighted by molar-refractivity contribution is -0.137. The number of ether oxygens (including phenoxy) is 1. The Labute approximate surface area is 122 Å². The molecule has 3 N–H and O–H groups in total. The molecule has 21 heavy (non-hydrogen) atoms. The maximum Gasteiger partial charge on any atom is 0.345 e. The van der Waals surface area contributed by atoms with Gasteiger partial charge in [0.05, 0.1) is 7.11 Å². The first-order valence-electron chi connectivity index (χ1n) is 6.85. The maximum absolute atomic E-state index is 11.9. The average Bonchev–Trinajstić information content (AvgIpc) is 2.75. The number of methoxy groups -OCH3 is 1. The number of carboxylic acids is 1. The molecule has 0 atom stereocenters. The van der Waals surface area contributed by atoms with Gasteiger partial charge in [-0.3, -0.25) is 4.79 Å². The van der Waals surface area contributed by atoms with Crippen molar-refractivity contribution in [2.75, 3.05) is 30.8 Å². The fraction of sp³-hybridized carbons (Fsp3) is 0.615. The first kappa shape index (κ1) is 15.1. The molecule has 8 nitrogen and oxygen atoms in total. The number of carbonyl (C=O) groups excluding carboxylic acids is 1. The third-order valence-electron chi connectivity index (χ3n) is 3.73. The summed E-state index contributed by atoms with van der Waals surface area (Å²) < 4.78 is 5.87. The van der Waals surface area contributed by atoms with E-state index >= 15 is 0 Å². The minimum absolute atomic E-state index is 0.0258. The fourth-order valence-electron chi connectivity index (χ4n) is 2.45. The molecule has 2 rings (SSSR count). The van der Waals surface area contributed by atoms with E-state index in [9.17, 15) is 9.59 Å². The van der Waals surface area contributed by atoms with Crippen LogP contribution in [-0.2, 0) is 16.1 Å². The van der Waals surface area contributed by atoms with Gasteiger partial charge < -0.3 is 20.5 Å². The van der Waals surface area contributed by atoms with Gasteiger partial charge >= 0.3 is 11.9 Å². The monoisotopic (exact) mass is 296 g/mol. The van der Waals surface area contributed by atoms with Gasteiger partial charge in [-0.1, -0.05) is 6.92 Å². The van der Waals surface area contributed by atoms with E-state index in [-0.39, 0.29) is 17.9 Å². The fourth-order valence-corrected chi connectivity index (χ4v) is 2.45. The van der Waals surface area contributed by atoms with Crippen molar-refractivity contribution >= 4 is 23.6 Å². The predicted molar refractivity (Wildman–Crippen MR) is 76.2 cm³/mol. The maximum atomic E-state index is 11.9. The SMILES string of the molecule is COC(=O)c1c(N2CCC(C)CC2)nn(CC(=O)O)c1N. The minimum Gasteiger partial charge on any atom is -0.480 e. The number of carbonyl (C=O) groups is 2. The highest BCUT2D eigenvalue weighted by Crippen LogP contribution is 2.29. The van der Waals surface area contributed by atoms with E-state index in [2.05, 4.69) is 12.0 Å². The molecule has 8 heteroatoms. The molecule has 1 aromatic rings. The lowest BCUT2D eigenvalue weighted by Gasteiger charge is -2.30. The largest absolute Gasteiger partial charge is 0.480 e. The number of hydrogen-bond donors (Lipinski definition) is 2. The summed E-state index contributed by atoms with van der Waals surface area (Å²) in [6, 6.07) is 0. The number of anilines is 2. The lowest BCUT2D eigenvalue weighted by Crippen LogP contribution is -2.34. The molecule has 116 valence electrons. The molecule has 0 bridgehead atoms. The molecule has 0 saturated carbocycles. The Kier molecular flexibility index (Phi) is 4.35. The highest BCUT2D eigenvalue weighted by atomic mass is 16.5. The van der Waals surface area contributed by atoms with Gasteiger partial charge in [0.2, 0.25) is 0 Å². The van der Waals surface area contributed by atoms with Crippen LogP contribution >= 0.6 is 0 Å². The number of hydrogen-bond acceptors (Lipinski definition) is 6. The number of carboxylic acid groups (broad SMARTS) is 1. The smallest absolute Gasteiger partial charge is 0.345 e. The minimum atomic E-state index is -1.07. The molecule has 0 spiro atoms. The molecular formula is C13H20N4O4. The van der Waals surface area contributed by atoms with Gasteiger partial charge in [0.1, 0.15) is 17.9 Å². The highest BCUT2D eigenvalue weighted by Gasteiger charge is 2.29. The molecule has 1 fully saturated rings. The van der Waals surface area contributed by atoms with Gasteiger partial charge in [-0.25, -0.2) is 9.48 Å². The summed E-state index contributed by atoms with van der Waals surface area (Å²) in [5.41, 5.74) is 6.02.